The molecule has 0 saturated heterocycles. The lowest BCUT2D eigenvalue weighted by atomic mass is 10.1. The Morgan fingerprint density at radius 2 is 2.06 bits per heavy atom. The van der Waals surface area contributed by atoms with Crippen molar-refractivity contribution in [2.24, 2.45) is 0 Å². The van der Waals surface area contributed by atoms with Gasteiger partial charge in [-0.2, -0.15) is 0 Å². The second kappa shape index (κ2) is 5.50. The molecule has 0 saturated carbocycles. The number of hydrogen-bond acceptors (Lipinski definition) is 3. The molecular formula is C13H16N2O2. The number of imidazole rings is 1. The van der Waals surface area contributed by atoms with Crippen molar-refractivity contribution in [3.8, 4) is 5.75 Å². The summed E-state index contributed by atoms with van der Waals surface area (Å²) in [5, 5.41) is 9.07. The van der Waals surface area contributed by atoms with E-state index in [2.05, 4.69) is 4.98 Å². The van der Waals surface area contributed by atoms with Gasteiger partial charge in [-0.3, -0.25) is 0 Å². The molecule has 0 spiro atoms. The summed E-state index contributed by atoms with van der Waals surface area (Å²) >= 11 is 0. The van der Waals surface area contributed by atoms with Crippen LogP contribution in [0.5, 0.6) is 5.75 Å². The van der Waals surface area contributed by atoms with E-state index in [-0.39, 0.29) is 6.61 Å². The molecule has 17 heavy (non-hydrogen) atoms. The van der Waals surface area contributed by atoms with E-state index >= 15 is 0 Å². The van der Waals surface area contributed by atoms with Crippen molar-refractivity contribution < 1.29 is 9.84 Å². The summed E-state index contributed by atoms with van der Waals surface area (Å²) in [5.41, 5.74) is 1.24. The van der Waals surface area contributed by atoms with Gasteiger partial charge < -0.3 is 14.4 Å². The number of rotatable bonds is 5. The van der Waals surface area contributed by atoms with Gasteiger partial charge in [0.2, 0.25) is 0 Å². The van der Waals surface area contributed by atoms with E-state index in [1.165, 1.54) is 5.56 Å². The van der Waals surface area contributed by atoms with Gasteiger partial charge in [-0.25, -0.2) is 4.98 Å². The molecule has 0 radical (unpaired) electrons. The maximum Gasteiger partial charge on any atom is 0.134 e. The van der Waals surface area contributed by atoms with Crippen molar-refractivity contribution in [2.75, 3.05) is 7.11 Å². The van der Waals surface area contributed by atoms with Crippen LogP contribution < -0.4 is 4.74 Å². The normalized spacial score (nSPS) is 10.5. The van der Waals surface area contributed by atoms with Crippen LogP contribution in [0.3, 0.4) is 0 Å². The summed E-state index contributed by atoms with van der Waals surface area (Å²) in [6.45, 7) is 0.803. The summed E-state index contributed by atoms with van der Waals surface area (Å²) in [5.74, 6) is 1.57. The Labute approximate surface area is 100 Å². The van der Waals surface area contributed by atoms with Crippen LogP contribution in [0.15, 0.2) is 36.7 Å². The van der Waals surface area contributed by atoms with Gasteiger partial charge in [0.05, 0.1) is 7.11 Å². The van der Waals surface area contributed by atoms with Crippen LogP contribution in [0.4, 0.5) is 0 Å². The van der Waals surface area contributed by atoms with Crippen molar-refractivity contribution in [3.05, 3.63) is 48.0 Å². The molecule has 0 bridgehead atoms. The average Bonchev–Trinajstić information content (AvgIpc) is 2.84. The minimum Gasteiger partial charge on any atom is -0.497 e. The van der Waals surface area contributed by atoms with E-state index in [0.29, 0.717) is 5.82 Å². The number of methoxy groups -OCH3 is 1. The lowest BCUT2D eigenvalue weighted by molar-refractivity contribution is 0.265. The maximum absolute atomic E-state index is 9.07. The van der Waals surface area contributed by atoms with Crippen LogP contribution in [0.1, 0.15) is 11.4 Å². The Hall–Kier alpha value is -1.81. The first kappa shape index (κ1) is 11.7. The lowest BCUT2D eigenvalue weighted by Gasteiger charge is -2.06. The maximum atomic E-state index is 9.07. The van der Waals surface area contributed by atoms with Gasteiger partial charge in [0.25, 0.3) is 0 Å². The summed E-state index contributed by atoms with van der Waals surface area (Å²) in [6, 6.07) is 8.01. The minimum atomic E-state index is -0.0182. The van der Waals surface area contributed by atoms with Gasteiger partial charge in [0.1, 0.15) is 18.2 Å². The smallest absolute Gasteiger partial charge is 0.134 e. The fourth-order valence-electron chi connectivity index (χ4n) is 1.74. The number of aliphatic hydroxyl groups is 1. The molecule has 0 aliphatic carbocycles. The van der Waals surface area contributed by atoms with Crippen LogP contribution in [-0.4, -0.2) is 21.8 Å². The number of nitrogens with zero attached hydrogens (tertiary/aromatic N) is 2. The molecule has 1 N–H and O–H groups in total. The van der Waals surface area contributed by atoms with Gasteiger partial charge in [-0.15, -0.1) is 0 Å². The van der Waals surface area contributed by atoms with E-state index in [1.807, 2.05) is 35.0 Å². The quantitative estimate of drug-likeness (QED) is 0.852. The van der Waals surface area contributed by atoms with E-state index < -0.39 is 0 Å². The third-order valence-electron chi connectivity index (χ3n) is 2.74. The number of hydrogen-bond donors (Lipinski definition) is 1. The largest absolute Gasteiger partial charge is 0.497 e. The van der Waals surface area contributed by atoms with Gasteiger partial charge in [0, 0.05) is 18.9 Å². The van der Waals surface area contributed by atoms with Gasteiger partial charge in [0.15, 0.2) is 0 Å². The van der Waals surface area contributed by atoms with Gasteiger partial charge >= 0.3 is 0 Å². The van der Waals surface area contributed by atoms with Crippen LogP contribution in [0.2, 0.25) is 0 Å². The van der Waals surface area contributed by atoms with Gasteiger partial charge in [-0.1, -0.05) is 12.1 Å². The third-order valence-corrected chi connectivity index (χ3v) is 2.74. The second-order valence-electron chi connectivity index (χ2n) is 3.79. The van der Waals surface area contributed by atoms with E-state index in [1.54, 1.807) is 13.3 Å². The third kappa shape index (κ3) is 2.85. The standard InChI is InChI=1S/C13H16N2O2/c1-17-12-4-2-11(3-5-12)6-8-15-9-7-14-13(15)10-16/h2-5,7,9,16H,6,8,10H2,1H3. The van der Waals surface area contributed by atoms with Crippen molar-refractivity contribution in [3.63, 3.8) is 0 Å². The second-order valence-corrected chi connectivity index (χ2v) is 3.79. The average molecular weight is 232 g/mol. The fraction of sp³-hybridized carbons (Fsp3) is 0.308. The zero-order valence-corrected chi connectivity index (χ0v) is 9.84. The Morgan fingerprint density at radius 3 is 2.71 bits per heavy atom. The summed E-state index contributed by atoms with van der Waals surface area (Å²) in [4.78, 5) is 4.07. The molecule has 0 unspecified atom stereocenters. The van der Waals surface area contributed by atoms with Crippen LogP contribution in [0, 0.1) is 0 Å². The zero-order valence-electron chi connectivity index (χ0n) is 9.84. The van der Waals surface area contributed by atoms with E-state index in [0.717, 1.165) is 18.7 Å². The highest BCUT2D eigenvalue weighted by Crippen LogP contribution is 2.12. The first-order valence-corrected chi connectivity index (χ1v) is 5.57. The molecule has 0 aliphatic heterocycles. The first-order chi connectivity index (χ1) is 8.33. The molecule has 4 heteroatoms. The van der Waals surface area contributed by atoms with Crippen molar-refractivity contribution in [1.29, 1.82) is 0 Å². The molecule has 2 rings (SSSR count). The van der Waals surface area contributed by atoms with Crippen molar-refractivity contribution in [2.45, 2.75) is 19.6 Å². The van der Waals surface area contributed by atoms with Crippen molar-refractivity contribution in [1.82, 2.24) is 9.55 Å². The molecule has 0 amide bonds. The summed E-state index contributed by atoms with van der Waals surface area (Å²) in [7, 11) is 1.66. The van der Waals surface area contributed by atoms with Gasteiger partial charge in [-0.05, 0) is 24.1 Å². The minimum absolute atomic E-state index is 0.0182. The molecule has 90 valence electrons. The molecule has 1 aromatic carbocycles. The van der Waals surface area contributed by atoms with Crippen molar-refractivity contribution >= 4 is 0 Å². The Bertz CT molecular complexity index is 463. The number of aliphatic hydroxyl groups excluding tert-OH is 1. The van der Waals surface area contributed by atoms with E-state index in [9.17, 15) is 0 Å². The fourth-order valence-corrected chi connectivity index (χ4v) is 1.74. The highest BCUT2D eigenvalue weighted by Gasteiger charge is 2.01. The summed E-state index contributed by atoms with van der Waals surface area (Å²) < 4.78 is 7.07. The Balaban J connectivity index is 1.97. The summed E-state index contributed by atoms with van der Waals surface area (Å²) in [6.07, 6.45) is 4.50. The predicted molar refractivity (Wildman–Crippen MR) is 64.8 cm³/mol. The monoisotopic (exact) mass is 232 g/mol. The first-order valence-electron chi connectivity index (χ1n) is 5.57. The molecule has 2 aromatic rings. The molecule has 1 heterocycles. The zero-order chi connectivity index (χ0) is 12.1. The highest BCUT2D eigenvalue weighted by atomic mass is 16.5. The topological polar surface area (TPSA) is 47.3 Å². The number of benzene rings is 1. The molecule has 1 aromatic heterocycles. The Kier molecular flexibility index (Phi) is 3.77. The Morgan fingerprint density at radius 1 is 1.29 bits per heavy atom. The van der Waals surface area contributed by atoms with Crippen LogP contribution >= 0.6 is 0 Å². The van der Waals surface area contributed by atoms with Crippen LogP contribution in [0.25, 0.3) is 0 Å². The lowest BCUT2D eigenvalue weighted by Crippen LogP contribution is -2.05. The highest BCUT2D eigenvalue weighted by molar-refractivity contribution is 5.27. The predicted octanol–water partition coefficient (Wildman–Crippen LogP) is 1.63. The molecule has 0 fully saturated rings. The molecular weight excluding hydrogens is 216 g/mol. The number of aryl methyl sites for hydroxylation is 2. The number of aromatic nitrogens is 2. The molecule has 0 atom stereocenters. The van der Waals surface area contributed by atoms with Crippen LogP contribution in [-0.2, 0) is 19.6 Å². The number of ether oxygens (including phenoxy) is 1. The molecule has 4 nitrogen and oxygen atoms in total. The van der Waals surface area contributed by atoms with E-state index in [4.69, 9.17) is 9.84 Å². The SMILES string of the molecule is COc1ccc(CCn2ccnc2CO)cc1. The molecule has 0 aliphatic rings.